The molecule has 0 bridgehead atoms. The highest BCUT2D eigenvalue weighted by molar-refractivity contribution is 6.31. The minimum Gasteiger partial charge on any atom is -0.481 e. The number of amides is 1. The number of carboxylic acids is 1. The van der Waals surface area contributed by atoms with Gasteiger partial charge in [-0.3, -0.25) is 9.59 Å². The first-order valence-corrected chi connectivity index (χ1v) is 7.43. The van der Waals surface area contributed by atoms with Gasteiger partial charge in [0, 0.05) is 24.7 Å². The van der Waals surface area contributed by atoms with Crippen molar-refractivity contribution in [3.05, 3.63) is 34.6 Å². The SMILES string of the molecule is O=C(O)CCN(CC1CCCO1)C(=O)c1cc(Cl)ccc1F. The number of rotatable bonds is 6. The van der Waals surface area contributed by atoms with Gasteiger partial charge >= 0.3 is 5.97 Å². The molecule has 1 atom stereocenters. The van der Waals surface area contributed by atoms with Crippen LogP contribution in [0, 0.1) is 5.82 Å². The summed E-state index contributed by atoms with van der Waals surface area (Å²) in [5, 5.41) is 9.06. The predicted octanol–water partition coefficient (Wildman–Crippen LogP) is 2.58. The Labute approximate surface area is 132 Å². The quantitative estimate of drug-likeness (QED) is 0.871. The second-order valence-corrected chi connectivity index (χ2v) is 5.59. The van der Waals surface area contributed by atoms with Gasteiger partial charge in [-0.05, 0) is 31.0 Å². The van der Waals surface area contributed by atoms with Gasteiger partial charge in [0.1, 0.15) is 5.82 Å². The average Bonchev–Trinajstić information content (AvgIpc) is 2.98. The summed E-state index contributed by atoms with van der Waals surface area (Å²) in [4.78, 5) is 24.6. The van der Waals surface area contributed by atoms with Crippen LogP contribution in [-0.2, 0) is 9.53 Å². The Morgan fingerprint density at radius 1 is 1.45 bits per heavy atom. The van der Waals surface area contributed by atoms with Crippen LogP contribution in [0.15, 0.2) is 18.2 Å². The van der Waals surface area contributed by atoms with Crippen molar-refractivity contribution in [2.75, 3.05) is 19.7 Å². The van der Waals surface area contributed by atoms with E-state index in [9.17, 15) is 14.0 Å². The van der Waals surface area contributed by atoms with E-state index in [0.717, 1.165) is 18.9 Å². The Balaban J connectivity index is 2.16. The van der Waals surface area contributed by atoms with E-state index >= 15 is 0 Å². The summed E-state index contributed by atoms with van der Waals surface area (Å²) >= 11 is 5.81. The van der Waals surface area contributed by atoms with E-state index in [2.05, 4.69) is 0 Å². The van der Waals surface area contributed by atoms with Gasteiger partial charge in [0.25, 0.3) is 5.91 Å². The van der Waals surface area contributed by atoms with Crippen molar-refractivity contribution >= 4 is 23.5 Å². The zero-order valence-corrected chi connectivity index (χ0v) is 12.7. The van der Waals surface area contributed by atoms with Gasteiger partial charge in [0.15, 0.2) is 0 Å². The van der Waals surface area contributed by atoms with Crippen LogP contribution in [0.2, 0.25) is 5.02 Å². The fraction of sp³-hybridized carbons (Fsp3) is 0.467. The number of hydrogen-bond donors (Lipinski definition) is 1. The lowest BCUT2D eigenvalue weighted by Gasteiger charge is -2.25. The highest BCUT2D eigenvalue weighted by Gasteiger charge is 2.25. The third-order valence-electron chi connectivity index (χ3n) is 3.49. The standard InChI is InChI=1S/C15H17ClFNO4/c16-10-3-4-13(17)12(8-10)15(21)18(6-5-14(19)20)9-11-2-1-7-22-11/h3-4,8,11H,1-2,5-7,9H2,(H,19,20). The maximum absolute atomic E-state index is 13.8. The highest BCUT2D eigenvalue weighted by Crippen LogP contribution is 2.19. The number of nitrogens with zero attached hydrogens (tertiary/aromatic N) is 1. The second-order valence-electron chi connectivity index (χ2n) is 5.15. The number of halogens is 2. The summed E-state index contributed by atoms with van der Waals surface area (Å²) in [5.41, 5.74) is -0.157. The van der Waals surface area contributed by atoms with Gasteiger partial charge in [0.2, 0.25) is 0 Å². The van der Waals surface area contributed by atoms with Crippen molar-refractivity contribution in [1.29, 1.82) is 0 Å². The first kappa shape index (κ1) is 16.7. The molecule has 0 saturated carbocycles. The normalized spacial score (nSPS) is 17.5. The van der Waals surface area contributed by atoms with Gasteiger partial charge in [-0.15, -0.1) is 0 Å². The maximum atomic E-state index is 13.8. The lowest BCUT2D eigenvalue weighted by atomic mass is 10.1. The Morgan fingerprint density at radius 3 is 2.86 bits per heavy atom. The topological polar surface area (TPSA) is 66.8 Å². The molecule has 1 amide bonds. The first-order chi connectivity index (χ1) is 10.5. The third kappa shape index (κ3) is 4.42. The Hall–Kier alpha value is -1.66. The Bertz CT molecular complexity index is 560. The molecule has 1 aromatic carbocycles. The number of carboxylic acid groups (broad SMARTS) is 1. The van der Waals surface area contributed by atoms with E-state index in [-0.39, 0.29) is 36.2 Å². The van der Waals surface area contributed by atoms with Crippen molar-refractivity contribution in [2.24, 2.45) is 0 Å². The molecule has 1 heterocycles. The molecule has 5 nitrogen and oxygen atoms in total. The smallest absolute Gasteiger partial charge is 0.305 e. The first-order valence-electron chi connectivity index (χ1n) is 7.05. The molecule has 1 aromatic rings. The summed E-state index contributed by atoms with van der Waals surface area (Å²) in [5.74, 6) is -2.27. The van der Waals surface area contributed by atoms with Crippen molar-refractivity contribution in [3.8, 4) is 0 Å². The molecule has 1 unspecified atom stereocenters. The van der Waals surface area contributed by atoms with E-state index < -0.39 is 17.7 Å². The maximum Gasteiger partial charge on any atom is 0.305 e. The zero-order valence-electron chi connectivity index (χ0n) is 11.9. The highest BCUT2D eigenvalue weighted by atomic mass is 35.5. The van der Waals surface area contributed by atoms with Crippen LogP contribution in [0.4, 0.5) is 4.39 Å². The molecule has 1 saturated heterocycles. The minimum absolute atomic E-state index is 0.0000198. The summed E-state index contributed by atoms with van der Waals surface area (Å²) in [6.07, 6.45) is 1.35. The molecular weight excluding hydrogens is 313 g/mol. The number of aliphatic carboxylic acids is 1. The van der Waals surface area contributed by atoms with Crippen LogP contribution in [0.1, 0.15) is 29.6 Å². The van der Waals surface area contributed by atoms with Crippen molar-refractivity contribution in [1.82, 2.24) is 4.90 Å². The van der Waals surface area contributed by atoms with Gasteiger partial charge in [0.05, 0.1) is 18.1 Å². The van der Waals surface area contributed by atoms with Crippen LogP contribution < -0.4 is 0 Å². The summed E-state index contributed by atoms with van der Waals surface area (Å²) in [6.45, 7) is 0.870. The monoisotopic (exact) mass is 329 g/mol. The van der Waals surface area contributed by atoms with Crippen molar-refractivity contribution in [2.45, 2.75) is 25.4 Å². The molecule has 0 spiro atoms. The number of benzene rings is 1. The summed E-state index contributed by atoms with van der Waals surface area (Å²) in [6, 6.07) is 3.73. The average molecular weight is 330 g/mol. The van der Waals surface area contributed by atoms with Crippen molar-refractivity contribution < 1.29 is 23.8 Å². The number of carbonyl (C=O) groups excluding carboxylic acids is 1. The van der Waals surface area contributed by atoms with E-state index in [1.54, 1.807) is 0 Å². The van der Waals surface area contributed by atoms with Crippen LogP contribution >= 0.6 is 11.6 Å². The molecule has 1 aliphatic heterocycles. The van der Waals surface area contributed by atoms with Gasteiger partial charge in [-0.2, -0.15) is 0 Å². The molecule has 0 aromatic heterocycles. The van der Waals surface area contributed by atoms with E-state index in [4.69, 9.17) is 21.4 Å². The number of carbonyl (C=O) groups is 2. The fourth-order valence-electron chi connectivity index (χ4n) is 2.37. The molecule has 1 aliphatic rings. The summed E-state index contributed by atoms with van der Waals surface area (Å²) < 4.78 is 19.3. The van der Waals surface area contributed by atoms with Gasteiger partial charge in [-0.1, -0.05) is 11.6 Å². The van der Waals surface area contributed by atoms with Crippen LogP contribution in [0.25, 0.3) is 0 Å². The zero-order chi connectivity index (χ0) is 16.1. The Morgan fingerprint density at radius 2 is 2.23 bits per heavy atom. The molecule has 0 radical (unpaired) electrons. The van der Waals surface area contributed by atoms with Gasteiger partial charge in [-0.25, -0.2) is 4.39 Å². The molecule has 1 fully saturated rings. The summed E-state index contributed by atoms with van der Waals surface area (Å²) in [7, 11) is 0. The minimum atomic E-state index is -1.02. The predicted molar refractivity (Wildman–Crippen MR) is 78.5 cm³/mol. The largest absolute Gasteiger partial charge is 0.481 e. The Kier molecular flexibility index (Phi) is 5.74. The van der Waals surface area contributed by atoms with Crippen LogP contribution in [-0.4, -0.2) is 47.7 Å². The van der Waals surface area contributed by atoms with Gasteiger partial charge < -0.3 is 14.7 Å². The number of hydrogen-bond acceptors (Lipinski definition) is 3. The molecular formula is C15H17ClFNO4. The lowest BCUT2D eigenvalue weighted by Crippen LogP contribution is -2.39. The van der Waals surface area contributed by atoms with E-state index in [1.165, 1.54) is 17.0 Å². The molecule has 22 heavy (non-hydrogen) atoms. The van der Waals surface area contributed by atoms with Crippen LogP contribution in [0.3, 0.4) is 0 Å². The van der Waals surface area contributed by atoms with Crippen molar-refractivity contribution in [3.63, 3.8) is 0 Å². The fourth-order valence-corrected chi connectivity index (χ4v) is 2.54. The molecule has 7 heteroatoms. The molecule has 120 valence electrons. The number of ether oxygens (including phenoxy) is 1. The second kappa shape index (κ2) is 7.56. The molecule has 1 N–H and O–H groups in total. The molecule has 0 aliphatic carbocycles. The van der Waals surface area contributed by atoms with E-state index in [0.29, 0.717) is 6.61 Å². The lowest BCUT2D eigenvalue weighted by molar-refractivity contribution is -0.137. The van der Waals surface area contributed by atoms with Crippen LogP contribution in [0.5, 0.6) is 0 Å². The molecule has 2 rings (SSSR count). The van der Waals surface area contributed by atoms with E-state index in [1.807, 2.05) is 0 Å². The third-order valence-corrected chi connectivity index (χ3v) is 3.72.